The maximum atomic E-state index is 11.7. The Morgan fingerprint density at radius 1 is 0.963 bits per heavy atom. The van der Waals surface area contributed by atoms with Crippen LogP contribution in [0.5, 0.6) is 0 Å². The molecule has 1 aliphatic carbocycles. The van der Waals surface area contributed by atoms with Crippen LogP contribution < -0.4 is 0 Å². The monoisotopic (exact) mass is 924 g/mol. The molecule has 1 N–H and O–H groups in total. The SMILES string of the molecule is CCC(CC)C(=O)/C=C(\O)C(CC)CC.[2H]C([2H])([2H])c1c(-c2ccc(C3CCC(C)(C)CC3)cc2)sc2c(-c3[c-]c4ccccc4c(C(C)(C)C)c3)nccc12.[Ir]. The molecule has 0 spiro atoms. The van der Waals surface area contributed by atoms with Crippen molar-refractivity contribution in [3.05, 3.63) is 101 Å². The molecular formula is C49H62IrNO2S-. The Morgan fingerprint density at radius 3 is 2.19 bits per heavy atom. The third-order valence-electron chi connectivity index (χ3n) is 11.5. The number of thiophene rings is 1. The molecule has 0 saturated heterocycles. The summed E-state index contributed by atoms with van der Waals surface area (Å²) in [6, 6.07) is 24.7. The zero-order chi connectivity index (χ0) is 41.0. The van der Waals surface area contributed by atoms with Gasteiger partial charge in [-0.1, -0.05) is 116 Å². The van der Waals surface area contributed by atoms with E-state index in [1.807, 2.05) is 39.8 Å². The molecule has 1 radical (unpaired) electrons. The summed E-state index contributed by atoms with van der Waals surface area (Å²) in [4.78, 5) is 17.3. The normalized spacial score (nSPS) is 16.1. The Kier molecular flexibility index (Phi) is 13.5. The number of aliphatic hydroxyl groups is 1. The molecule has 6 rings (SSSR count). The van der Waals surface area contributed by atoms with Gasteiger partial charge in [-0.25, -0.2) is 0 Å². The second-order valence-electron chi connectivity index (χ2n) is 16.8. The molecule has 2 heterocycles. The van der Waals surface area contributed by atoms with Crippen LogP contribution in [0.1, 0.15) is 140 Å². The fourth-order valence-corrected chi connectivity index (χ4v) is 9.03. The van der Waals surface area contributed by atoms with E-state index in [4.69, 9.17) is 9.10 Å². The Bertz CT molecular complexity index is 2140. The van der Waals surface area contributed by atoms with E-state index in [-0.39, 0.29) is 48.9 Å². The number of allylic oxidation sites excluding steroid dienone is 2. The standard InChI is InChI=1S/C36H38NS.C13H24O2.Ir/c1-23-29-17-20-37-32(28-21-27-9-7-8-10-30(27)31(22-28)35(2,3)4)34(29)38-33(23)26-13-11-24(12-14-26)25-15-18-36(5,6)19-16-25;1-5-10(6-2)12(14)9-13(15)11(7-3)8-4;/h7-14,17,20,22,25H,15-16,18-19H2,1-6H3;9-11,14H,5-8H2,1-4H3;/q-1;;/b;12-9-;/i1D3;;. The third kappa shape index (κ3) is 10.00. The van der Waals surface area contributed by atoms with Crippen molar-refractivity contribution >= 4 is 38.0 Å². The van der Waals surface area contributed by atoms with Crippen molar-refractivity contribution in [2.75, 3.05) is 0 Å². The summed E-state index contributed by atoms with van der Waals surface area (Å²) in [6.45, 7) is 17.2. The number of rotatable bonds is 10. The van der Waals surface area contributed by atoms with Crippen LogP contribution in [0.3, 0.4) is 0 Å². The molecule has 0 unspecified atom stereocenters. The van der Waals surface area contributed by atoms with Crippen LogP contribution in [-0.2, 0) is 30.3 Å². The third-order valence-corrected chi connectivity index (χ3v) is 12.8. The molecule has 5 heteroatoms. The van der Waals surface area contributed by atoms with Gasteiger partial charge in [-0.05, 0) is 103 Å². The largest absolute Gasteiger partial charge is 0.512 e. The summed E-state index contributed by atoms with van der Waals surface area (Å²) in [7, 11) is 0. The minimum absolute atomic E-state index is 0. The minimum Gasteiger partial charge on any atom is -0.512 e. The molecular weight excluding hydrogens is 859 g/mol. The van der Waals surface area contributed by atoms with Crippen molar-refractivity contribution in [3.63, 3.8) is 0 Å². The van der Waals surface area contributed by atoms with E-state index in [1.165, 1.54) is 48.3 Å². The molecule has 291 valence electrons. The van der Waals surface area contributed by atoms with Gasteiger partial charge < -0.3 is 5.11 Å². The van der Waals surface area contributed by atoms with E-state index in [9.17, 15) is 9.90 Å². The number of carbonyl (C=O) groups excluding carboxylic acids is 1. The van der Waals surface area contributed by atoms with Crippen LogP contribution in [0.2, 0.25) is 0 Å². The van der Waals surface area contributed by atoms with Crippen LogP contribution in [0.4, 0.5) is 0 Å². The fourth-order valence-electron chi connectivity index (χ4n) is 7.82. The van der Waals surface area contributed by atoms with Gasteiger partial charge in [0.1, 0.15) is 0 Å². The fraction of sp³-hybridized carbons (Fsp3) is 0.469. The van der Waals surface area contributed by atoms with Crippen molar-refractivity contribution in [2.24, 2.45) is 17.3 Å². The number of aliphatic hydroxyl groups excluding tert-OH is 1. The van der Waals surface area contributed by atoms with Crippen LogP contribution in [0.25, 0.3) is 42.6 Å². The number of carbonyl (C=O) groups is 1. The predicted molar refractivity (Wildman–Crippen MR) is 229 cm³/mol. The summed E-state index contributed by atoms with van der Waals surface area (Å²) in [6.07, 6.45) is 11.6. The summed E-state index contributed by atoms with van der Waals surface area (Å²) in [5.74, 6) is 1.13. The Labute approximate surface area is 347 Å². The molecule has 0 atom stereocenters. The Morgan fingerprint density at radius 2 is 1.59 bits per heavy atom. The van der Waals surface area contributed by atoms with Crippen molar-refractivity contribution in [3.8, 4) is 21.7 Å². The molecule has 2 aromatic heterocycles. The number of ketones is 1. The molecule has 1 saturated carbocycles. The topological polar surface area (TPSA) is 50.2 Å². The van der Waals surface area contributed by atoms with E-state index in [0.29, 0.717) is 16.9 Å². The molecule has 54 heavy (non-hydrogen) atoms. The number of aryl methyl sites for hydroxylation is 1. The second kappa shape index (κ2) is 18.7. The van der Waals surface area contributed by atoms with Crippen LogP contribution in [0, 0.1) is 30.2 Å². The van der Waals surface area contributed by atoms with Crippen molar-refractivity contribution in [1.29, 1.82) is 0 Å². The molecule has 0 amide bonds. The van der Waals surface area contributed by atoms with Gasteiger partial charge in [0.15, 0.2) is 5.78 Å². The van der Waals surface area contributed by atoms with E-state index in [0.717, 1.165) is 62.9 Å². The summed E-state index contributed by atoms with van der Waals surface area (Å²) in [5, 5.41) is 12.7. The van der Waals surface area contributed by atoms with Crippen molar-refractivity contribution < 1.29 is 34.1 Å². The molecule has 5 aromatic rings. The van der Waals surface area contributed by atoms with Crippen LogP contribution in [-0.4, -0.2) is 15.9 Å². The maximum Gasteiger partial charge on any atom is 0.162 e. The van der Waals surface area contributed by atoms with Crippen molar-refractivity contribution in [2.45, 2.75) is 132 Å². The zero-order valence-electron chi connectivity index (χ0n) is 36.9. The first-order valence-corrected chi connectivity index (χ1v) is 20.7. The van der Waals surface area contributed by atoms with Crippen LogP contribution >= 0.6 is 11.3 Å². The predicted octanol–water partition coefficient (Wildman–Crippen LogP) is 14.7. The first-order chi connectivity index (χ1) is 26.4. The van der Waals surface area contributed by atoms with E-state index in [1.54, 1.807) is 17.5 Å². The Hall–Kier alpha value is -3.11. The van der Waals surface area contributed by atoms with E-state index < -0.39 is 6.85 Å². The smallest absolute Gasteiger partial charge is 0.162 e. The molecule has 1 aliphatic rings. The van der Waals surface area contributed by atoms with E-state index >= 15 is 0 Å². The maximum absolute atomic E-state index is 11.7. The first-order valence-electron chi connectivity index (χ1n) is 21.3. The van der Waals surface area contributed by atoms with Gasteiger partial charge in [-0.3, -0.25) is 9.78 Å². The van der Waals surface area contributed by atoms with Gasteiger partial charge >= 0.3 is 0 Å². The van der Waals surface area contributed by atoms with Gasteiger partial charge in [-0.2, -0.15) is 0 Å². The number of benzene rings is 3. The number of fused-ring (bicyclic) bond motifs is 2. The average Bonchev–Trinajstić information content (AvgIpc) is 3.56. The molecule has 3 aromatic carbocycles. The summed E-state index contributed by atoms with van der Waals surface area (Å²) < 4.78 is 26.4. The van der Waals surface area contributed by atoms with Crippen molar-refractivity contribution in [1.82, 2.24) is 4.98 Å². The van der Waals surface area contributed by atoms with Gasteiger partial charge in [0.2, 0.25) is 0 Å². The van der Waals surface area contributed by atoms with Gasteiger partial charge in [-0.15, -0.1) is 40.5 Å². The van der Waals surface area contributed by atoms with Gasteiger partial charge in [0.25, 0.3) is 0 Å². The molecule has 0 bridgehead atoms. The average molecular weight is 924 g/mol. The second-order valence-corrected chi connectivity index (χ2v) is 17.8. The number of aromatic nitrogens is 1. The molecule has 1 fully saturated rings. The minimum atomic E-state index is -2.25. The number of hydrogen-bond donors (Lipinski definition) is 1. The number of nitrogens with zero attached hydrogens (tertiary/aromatic N) is 1. The molecule has 3 nitrogen and oxygen atoms in total. The first kappa shape index (κ1) is 39.1. The number of hydrogen-bond acceptors (Lipinski definition) is 4. The summed E-state index contributed by atoms with van der Waals surface area (Å²) >= 11 is 1.54. The molecule has 0 aliphatic heterocycles. The van der Waals surface area contributed by atoms with Gasteiger partial charge in [0, 0.05) is 63.6 Å². The van der Waals surface area contributed by atoms with Crippen LogP contribution in [0.15, 0.2) is 78.7 Å². The van der Waals surface area contributed by atoms with E-state index in [2.05, 4.69) is 89.2 Å². The Balaban J connectivity index is 0.000000385. The quantitative estimate of drug-likeness (QED) is 0.0862. The summed E-state index contributed by atoms with van der Waals surface area (Å²) in [5.41, 5.74) is 6.04. The van der Waals surface area contributed by atoms with Gasteiger partial charge in [0.05, 0.1) is 5.76 Å². The number of pyridine rings is 1. The zero-order valence-corrected chi connectivity index (χ0v) is 37.1.